The van der Waals surface area contributed by atoms with E-state index >= 15 is 0 Å². The molecule has 0 aromatic carbocycles. The first-order valence-electron chi connectivity index (χ1n) is 6.05. The molecule has 0 saturated carbocycles. The van der Waals surface area contributed by atoms with Crippen LogP contribution in [0.15, 0.2) is 23.2 Å². The molecule has 0 saturated heterocycles. The van der Waals surface area contributed by atoms with Gasteiger partial charge < -0.3 is 0 Å². The van der Waals surface area contributed by atoms with Crippen LogP contribution in [0.4, 0.5) is 0 Å². The third-order valence-corrected chi connectivity index (χ3v) is 4.83. The van der Waals surface area contributed by atoms with Gasteiger partial charge in [-0.25, -0.2) is 18.1 Å². The molecule has 0 fully saturated rings. The minimum absolute atomic E-state index is 0.0751. The van der Waals surface area contributed by atoms with Crippen molar-refractivity contribution in [2.75, 3.05) is 6.54 Å². The molecule has 0 aliphatic carbocycles. The molecule has 0 spiro atoms. The van der Waals surface area contributed by atoms with Crippen molar-refractivity contribution in [2.24, 2.45) is 11.3 Å². The van der Waals surface area contributed by atoms with E-state index in [2.05, 4.69) is 23.6 Å². The topological polar surface area (TPSA) is 82.9 Å². The van der Waals surface area contributed by atoms with Crippen molar-refractivity contribution in [3.05, 3.63) is 24.0 Å². The predicted molar refractivity (Wildman–Crippen MR) is 72.8 cm³/mol. The number of rotatable bonds is 5. The van der Waals surface area contributed by atoms with Crippen LogP contribution in [0.2, 0.25) is 0 Å². The third kappa shape index (κ3) is 4.01. The minimum atomic E-state index is -3.57. The number of sulfonamides is 1. The van der Waals surface area contributed by atoms with Crippen LogP contribution in [-0.2, 0) is 10.0 Å². The Morgan fingerprint density at radius 2 is 2.05 bits per heavy atom. The smallest absolute Gasteiger partial charge is 0.242 e. The molecule has 0 radical (unpaired) electrons. The van der Waals surface area contributed by atoms with E-state index in [1.54, 1.807) is 0 Å². The molecule has 19 heavy (non-hydrogen) atoms. The fraction of sp³-hybridized carbons (Fsp3) is 0.538. The van der Waals surface area contributed by atoms with E-state index in [4.69, 9.17) is 5.26 Å². The highest BCUT2D eigenvalue weighted by atomic mass is 32.2. The maximum absolute atomic E-state index is 12.1. The molecular formula is C13H19N3O2S. The number of nitrogens with zero attached hydrogens (tertiary/aromatic N) is 2. The van der Waals surface area contributed by atoms with Crippen molar-refractivity contribution >= 4 is 10.0 Å². The number of pyridine rings is 1. The van der Waals surface area contributed by atoms with E-state index in [-0.39, 0.29) is 16.0 Å². The molecule has 0 unspecified atom stereocenters. The van der Waals surface area contributed by atoms with Gasteiger partial charge in [-0.2, -0.15) is 5.26 Å². The molecule has 1 heterocycles. The van der Waals surface area contributed by atoms with Gasteiger partial charge in [0.2, 0.25) is 10.0 Å². The maximum atomic E-state index is 12.1. The zero-order valence-electron chi connectivity index (χ0n) is 11.6. The summed E-state index contributed by atoms with van der Waals surface area (Å²) in [6.45, 7) is 8.48. The highest BCUT2D eigenvalue weighted by Crippen LogP contribution is 2.25. The van der Waals surface area contributed by atoms with Crippen molar-refractivity contribution in [1.82, 2.24) is 9.71 Å². The molecule has 0 aliphatic heterocycles. The Labute approximate surface area is 114 Å². The lowest BCUT2D eigenvalue weighted by atomic mass is 9.81. The number of nitrogens with one attached hydrogen (secondary N) is 1. The van der Waals surface area contributed by atoms with Gasteiger partial charge in [0.15, 0.2) is 0 Å². The fourth-order valence-corrected chi connectivity index (χ4v) is 2.34. The van der Waals surface area contributed by atoms with Crippen LogP contribution in [0.25, 0.3) is 0 Å². The number of hydrogen-bond donors (Lipinski definition) is 1. The van der Waals surface area contributed by atoms with Gasteiger partial charge in [-0.15, -0.1) is 0 Å². The van der Waals surface area contributed by atoms with Crippen molar-refractivity contribution in [3.63, 3.8) is 0 Å². The monoisotopic (exact) mass is 281 g/mol. The Morgan fingerprint density at radius 3 is 2.47 bits per heavy atom. The van der Waals surface area contributed by atoms with Crippen LogP contribution >= 0.6 is 0 Å². The Morgan fingerprint density at radius 1 is 1.42 bits per heavy atom. The normalized spacial score (nSPS) is 12.4. The van der Waals surface area contributed by atoms with Crippen LogP contribution < -0.4 is 4.72 Å². The van der Waals surface area contributed by atoms with Crippen LogP contribution in [-0.4, -0.2) is 19.9 Å². The first-order chi connectivity index (χ1) is 8.69. The van der Waals surface area contributed by atoms with Crippen LogP contribution in [0.1, 0.15) is 33.4 Å². The first kappa shape index (κ1) is 15.6. The van der Waals surface area contributed by atoms with Crippen LogP contribution in [0.3, 0.4) is 0 Å². The third-order valence-electron chi connectivity index (χ3n) is 3.44. The quantitative estimate of drug-likeness (QED) is 0.893. The molecule has 6 heteroatoms. The highest BCUT2D eigenvalue weighted by molar-refractivity contribution is 7.89. The summed E-state index contributed by atoms with van der Waals surface area (Å²) in [4.78, 5) is 3.84. The summed E-state index contributed by atoms with van der Waals surface area (Å²) >= 11 is 0. The summed E-state index contributed by atoms with van der Waals surface area (Å²) in [7, 11) is -3.57. The molecule has 0 aliphatic rings. The molecule has 1 aromatic heterocycles. The molecule has 1 N–H and O–H groups in total. The Balaban J connectivity index is 2.85. The second-order valence-electron chi connectivity index (χ2n) is 5.46. The summed E-state index contributed by atoms with van der Waals surface area (Å²) in [5.41, 5.74) is 0.0639. The van der Waals surface area contributed by atoms with Crippen molar-refractivity contribution in [3.8, 4) is 6.07 Å². The second kappa shape index (κ2) is 5.68. The molecule has 1 aromatic rings. The largest absolute Gasteiger partial charge is 0.244 e. The van der Waals surface area contributed by atoms with Gasteiger partial charge in [0.25, 0.3) is 0 Å². The van der Waals surface area contributed by atoms with Gasteiger partial charge in [-0.1, -0.05) is 27.7 Å². The molecule has 104 valence electrons. The van der Waals surface area contributed by atoms with E-state index in [0.29, 0.717) is 12.5 Å². The van der Waals surface area contributed by atoms with Crippen LogP contribution in [0, 0.1) is 22.7 Å². The first-order valence-corrected chi connectivity index (χ1v) is 7.53. The summed E-state index contributed by atoms with van der Waals surface area (Å²) in [5.74, 6) is 0.356. The fourth-order valence-electron chi connectivity index (χ4n) is 1.17. The molecule has 0 amide bonds. The van der Waals surface area contributed by atoms with E-state index in [9.17, 15) is 8.42 Å². The Bertz CT molecular complexity index is 569. The Hall–Kier alpha value is -1.45. The minimum Gasteiger partial charge on any atom is -0.244 e. The molecular weight excluding hydrogens is 262 g/mol. The highest BCUT2D eigenvalue weighted by Gasteiger charge is 2.25. The summed E-state index contributed by atoms with van der Waals surface area (Å²) < 4.78 is 26.7. The van der Waals surface area contributed by atoms with Crippen LogP contribution in [0.5, 0.6) is 0 Å². The van der Waals surface area contributed by atoms with E-state index in [0.717, 1.165) is 0 Å². The average Bonchev–Trinajstić information content (AvgIpc) is 2.36. The lowest BCUT2D eigenvalue weighted by Gasteiger charge is -2.29. The van der Waals surface area contributed by atoms with E-state index in [1.807, 2.05) is 19.9 Å². The SMILES string of the molecule is CC(C)C(C)(C)CNS(=O)(=O)c1ccc(C#N)nc1. The zero-order chi connectivity index (χ0) is 14.7. The summed E-state index contributed by atoms with van der Waals surface area (Å²) in [6, 6.07) is 4.63. The second-order valence-corrected chi connectivity index (χ2v) is 7.23. The molecule has 5 nitrogen and oxygen atoms in total. The van der Waals surface area contributed by atoms with Gasteiger partial charge in [0.1, 0.15) is 16.7 Å². The molecule has 1 rings (SSSR count). The molecule has 0 atom stereocenters. The average molecular weight is 281 g/mol. The van der Waals surface area contributed by atoms with Gasteiger partial charge in [-0.05, 0) is 23.5 Å². The number of nitriles is 1. The van der Waals surface area contributed by atoms with Gasteiger partial charge in [0.05, 0.1) is 0 Å². The van der Waals surface area contributed by atoms with Crippen molar-refractivity contribution in [1.29, 1.82) is 5.26 Å². The van der Waals surface area contributed by atoms with E-state index < -0.39 is 10.0 Å². The Kier molecular flexibility index (Phi) is 4.66. The standard InChI is InChI=1S/C13H19N3O2S/c1-10(2)13(3,4)9-16-19(17,18)12-6-5-11(7-14)15-8-12/h5-6,8,10,16H,9H2,1-4H3. The van der Waals surface area contributed by atoms with Gasteiger partial charge in [-0.3, -0.25) is 0 Å². The predicted octanol–water partition coefficient (Wildman–Crippen LogP) is 1.91. The number of aromatic nitrogens is 1. The van der Waals surface area contributed by atoms with Crippen molar-refractivity contribution in [2.45, 2.75) is 32.6 Å². The lowest BCUT2D eigenvalue weighted by Crippen LogP contribution is -2.37. The van der Waals surface area contributed by atoms with Crippen molar-refractivity contribution < 1.29 is 8.42 Å². The summed E-state index contributed by atoms with van der Waals surface area (Å²) in [5, 5.41) is 8.62. The van der Waals surface area contributed by atoms with E-state index in [1.165, 1.54) is 18.3 Å². The zero-order valence-corrected chi connectivity index (χ0v) is 12.5. The number of hydrogen-bond acceptors (Lipinski definition) is 4. The van der Waals surface area contributed by atoms with Gasteiger partial charge >= 0.3 is 0 Å². The lowest BCUT2D eigenvalue weighted by molar-refractivity contribution is 0.252. The summed E-state index contributed by atoms with van der Waals surface area (Å²) in [6.07, 6.45) is 1.20. The maximum Gasteiger partial charge on any atom is 0.242 e. The van der Waals surface area contributed by atoms with Gasteiger partial charge in [0, 0.05) is 12.7 Å². The molecule has 0 bridgehead atoms.